The maximum atomic E-state index is 13.9. The van der Waals surface area contributed by atoms with Crippen molar-refractivity contribution in [3.63, 3.8) is 0 Å². The first-order valence-corrected chi connectivity index (χ1v) is 16.3. The monoisotopic (exact) mass is 701 g/mol. The van der Waals surface area contributed by atoms with Crippen LogP contribution in [-0.4, -0.2) is 77.7 Å². The lowest BCUT2D eigenvalue weighted by atomic mass is 9.92. The maximum absolute atomic E-state index is 13.9. The summed E-state index contributed by atoms with van der Waals surface area (Å²) in [6.45, 7) is 1.80. The van der Waals surface area contributed by atoms with E-state index in [4.69, 9.17) is 10.8 Å². The number of rotatable bonds is 14. The third kappa shape index (κ3) is 10.9. The normalized spacial score (nSPS) is 18.0. The van der Waals surface area contributed by atoms with Gasteiger partial charge in [-0.15, -0.1) is 0 Å². The lowest BCUT2D eigenvalue weighted by Gasteiger charge is -2.34. The Morgan fingerprint density at radius 1 is 0.918 bits per heavy atom. The van der Waals surface area contributed by atoms with Gasteiger partial charge in [0.1, 0.15) is 23.7 Å². The highest BCUT2D eigenvalue weighted by Crippen LogP contribution is 2.34. The topological polar surface area (TPSA) is 154 Å². The number of halogens is 6. The van der Waals surface area contributed by atoms with E-state index >= 15 is 0 Å². The molecule has 270 valence electrons. The molecule has 11 nitrogen and oxygen atoms in total. The van der Waals surface area contributed by atoms with Gasteiger partial charge in [0, 0.05) is 45.2 Å². The molecule has 2 aliphatic rings. The molecule has 2 amide bonds. The van der Waals surface area contributed by atoms with Crippen molar-refractivity contribution in [2.75, 3.05) is 42.5 Å². The van der Waals surface area contributed by atoms with Gasteiger partial charge < -0.3 is 31.3 Å². The summed E-state index contributed by atoms with van der Waals surface area (Å²) in [4.78, 5) is 46.8. The molecule has 0 radical (unpaired) electrons. The number of hydrogen-bond donors (Lipinski definition) is 4. The Hall–Kier alpha value is -4.15. The summed E-state index contributed by atoms with van der Waals surface area (Å²) in [5, 5.41) is 14.3. The minimum atomic E-state index is -4.81. The minimum absolute atomic E-state index is 0.000101. The van der Waals surface area contributed by atoms with Crippen molar-refractivity contribution >= 4 is 29.4 Å². The Balaban J connectivity index is 1.31. The maximum Gasteiger partial charge on any atom is 0.451 e. The number of carbonyl (C=O) groups is 3. The molecule has 0 bridgehead atoms. The number of hydrogen-bond acceptors (Lipinski definition) is 8. The molecule has 0 saturated carbocycles. The van der Waals surface area contributed by atoms with Gasteiger partial charge in [0.05, 0.1) is 5.56 Å². The lowest BCUT2D eigenvalue weighted by molar-refractivity contribution is -0.145. The number of piperidine rings is 1. The first-order valence-electron chi connectivity index (χ1n) is 16.3. The van der Waals surface area contributed by atoms with Gasteiger partial charge in [0.25, 0.3) is 0 Å². The van der Waals surface area contributed by atoms with Gasteiger partial charge in [-0.3, -0.25) is 14.4 Å². The predicted octanol–water partition coefficient (Wildman–Crippen LogP) is 4.15. The predicted molar refractivity (Wildman–Crippen MR) is 168 cm³/mol. The van der Waals surface area contributed by atoms with Gasteiger partial charge in [-0.2, -0.15) is 26.3 Å². The van der Waals surface area contributed by atoms with Gasteiger partial charge in [-0.1, -0.05) is 12.1 Å². The largest absolute Gasteiger partial charge is 0.480 e. The van der Waals surface area contributed by atoms with Crippen molar-refractivity contribution in [2.24, 2.45) is 11.7 Å². The van der Waals surface area contributed by atoms with Crippen LogP contribution >= 0.6 is 0 Å². The highest BCUT2D eigenvalue weighted by Gasteiger charge is 2.39. The van der Waals surface area contributed by atoms with E-state index in [0.29, 0.717) is 69.8 Å². The molecule has 1 aromatic heterocycles. The first-order chi connectivity index (χ1) is 23.1. The summed E-state index contributed by atoms with van der Waals surface area (Å²) in [5.74, 6) is -2.72. The highest BCUT2D eigenvalue weighted by molar-refractivity contribution is 5.85. The molecule has 49 heavy (non-hydrogen) atoms. The molecular weight excluding hydrogens is 660 g/mol. The van der Waals surface area contributed by atoms with Gasteiger partial charge in [0.2, 0.25) is 17.6 Å². The number of amides is 2. The molecule has 2 aromatic rings. The highest BCUT2D eigenvalue weighted by atomic mass is 19.4. The Bertz CT molecular complexity index is 1430. The molecular formula is C32H41F6N7O4. The van der Waals surface area contributed by atoms with Gasteiger partial charge in [0.15, 0.2) is 0 Å². The third-order valence-electron chi connectivity index (χ3n) is 8.85. The molecule has 2 saturated heterocycles. The number of aromatic nitrogens is 2. The van der Waals surface area contributed by atoms with Gasteiger partial charge in [-0.25, -0.2) is 9.97 Å². The average Bonchev–Trinajstić information content (AvgIpc) is 3.55. The molecule has 0 spiro atoms. The second kappa shape index (κ2) is 16.5. The lowest BCUT2D eigenvalue weighted by Crippen LogP contribution is -2.44. The molecule has 0 unspecified atom stereocenters. The summed E-state index contributed by atoms with van der Waals surface area (Å²) in [5.41, 5.74) is 5.24. The summed E-state index contributed by atoms with van der Waals surface area (Å²) >= 11 is 0. The molecule has 4 rings (SSSR count). The summed E-state index contributed by atoms with van der Waals surface area (Å²) in [6.07, 6.45) is -5.07. The quantitative estimate of drug-likeness (QED) is 0.168. The molecule has 2 atom stereocenters. The third-order valence-corrected chi connectivity index (χ3v) is 8.85. The smallest absolute Gasteiger partial charge is 0.451 e. The van der Waals surface area contributed by atoms with Crippen molar-refractivity contribution in [3.8, 4) is 0 Å². The number of anilines is 2. The van der Waals surface area contributed by atoms with E-state index in [2.05, 4.69) is 20.6 Å². The van der Waals surface area contributed by atoms with Crippen molar-refractivity contribution in [2.45, 2.75) is 82.2 Å². The van der Waals surface area contributed by atoms with Crippen molar-refractivity contribution in [1.82, 2.24) is 20.6 Å². The number of nitrogens with two attached hydrogens (primary N) is 1. The Morgan fingerprint density at radius 2 is 1.59 bits per heavy atom. The zero-order valence-electron chi connectivity index (χ0n) is 26.8. The first kappa shape index (κ1) is 37.7. The van der Waals surface area contributed by atoms with E-state index < -0.39 is 47.7 Å². The SMILES string of the molecule is N[C@@H](CCC(=O)NCCCC1CCN(c2cc(N3CCC[C@H]3C(=O)NCCc3ccc(C(F)(F)F)cc3)nc(C(F)(F)F)n2)CC1)C(=O)O. The van der Waals surface area contributed by atoms with Crippen molar-refractivity contribution < 1.29 is 45.8 Å². The zero-order chi connectivity index (χ0) is 35.8. The van der Waals surface area contributed by atoms with Crippen LogP contribution in [0.25, 0.3) is 0 Å². The van der Waals surface area contributed by atoms with E-state index in [-0.39, 0.29) is 43.4 Å². The van der Waals surface area contributed by atoms with Crippen LogP contribution < -0.4 is 26.2 Å². The minimum Gasteiger partial charge on any atom is -0.480 e. The number of nitrogens with zero attached hydrogens (tertiary/aromatic N) is 4. The van der Waals surface area contributed by atoms with Crippen LogP contribution in [0.15, 0.2) is 30.3 Å². The Morgan fingerprint density at radius 3 is 2.22 bits per heavy atom. The fourth-order valence-corrected chi connectivity index (χ4v) is 6.05. The second-order valence-corrected chi connectivity index (χ2v) is 12.4. The van der Waals surface area contributed by atoms with E-state index in [1.165, 1.54) is 18.2 Å². The van der Waals surface area contributed by atoms with Gasteiger partial charge >= 0.3 is 18.3 Å². The molecule has 17 heteroatoms. The van der Waals surface area contributed by atoms with E-state index in [1.54, 1.807) is 9.80 Å². The molecule has 1 aromatic carbocycles. The van der Waals surface area contributed by atoms with Crippen LogP contribution in [0.4, 0.5) is 38.0 Å². The van der Waals surface area contributed by atoms with Crippen molar-refractivity contribution in [3.05, 3.63) is 47.3 Å². The zero-order valence-corrected chi connectivity index (χ0v) is 26.8. The standard InChI is InChI=1S/C32H41F6N7O4/c33-31(34,35)22-7-5-21(6-8-22)11-15-41-28(47)24-4-2-16-45(24)26-19-25(42-30(43-26)32(36,37)38)44-17-12-20(13-18-44)3-1-14-40-27(46)10-9-23(39)29(48)49/h5-8,19-20,23-24H,1-4,9-18,39H2,(H,40,46)(H,41,47)(H,48,49)/t23-,24-/m0/s1. The number of carboxylic acid groups (broad SMARTS) is 1. The van der Waals surface area contributed by atoms with Gasteiger partial charge in [-0.05, 0) is 75.0 Å². The number of carbonyl (C=O) groups excluding carboxylic acids is 2. The van der Waals surface area contributed by atoms with Crippen LogP contribution in [-0.2, 0) is 33.2 Å². The van der Waals surface area contributed by atoms with Crippen LogP contribution in [0.3, 0.4) is 0 Å². The van der Waals surface area contributed by atoms with Crippen LogP contribution in [0.1, 0.15) is 68.3 Å². The molecule has 3 heterocycles. The number of nitrogens with one attached hydrogen (secondary N) is 2. The van der Waals surface area contributed by atoms with E-state index in [0.717, 1.165) is 18.6 Å². The number of alkyl halides is 6. The Labute approximate surface area is 279 Å². The molecule has 0 aliphatic carbocycles. The Kier molecular flexibility index (Phi) is 12.7. The summed E-state index contributed by atoms with van der Waals surface area (Å²) in [7, 11) is 0. The fourth-order valence-electron chi connectivity index (χ4n) is 6.05. The van der Waals surface area contributed by atoms with Crippen molar-refractivity contribution in [1.29, 1.82) is 0 Å². The van der Waals surface area contributed by atoms with Crippen LogP contribution in [0.5, 0.6) is 0 Å². The fraction of sp³-hybridized carbons (Fsp3) is 0.594. The average molecular weight is 702 g/mol. The summed E-state index contributed by atoms with van der Waals surface area (Å²) < 4.78 is 80.3. The van der Waals surface area contributed by atoms with Crippen LogP contribution in [0, 0.1) is 5.92 Å². The van der Waals surface area contributed by atoms with Crippen LogP contribution in [0.2, 0.25) is 0 Å². The molecule has 2 aliphatic heterocycles. The number of carboxylic acids is 1. The number of benzene rings is 1. The number of aliphatic carboxylic acids is 1. The molecule has 2 fully saturated rings. The molecule has 5 N–H and O–H groups in total. The van der Waals surface area contributed by atoms with E-state index in [1.807, 2.05) is 0 Å². The second-order valence-electron chi connectivity index (χ2n) is 12.4. The van der Waals surface area contributed by atoms with E-state index in [9.17, 15) is 40.7 Å². The summed E-state index contributed by atoms with van der Waals surface area (Å²) in [6, 6.07) is 4.24.